The maximum absolute atomic E-state index is 13.1. The van der Waals surface area contributed by atoms with Crippen LogP contribution < -0.4 is 10.1 Å². The first kappa shape index (κ1) is 9.39. The zero-order chi connectivity index (χ0) is 10.3. The number of rotatable bonds is 0. The molecule has 0 aliphatic carbocycles. The summed E-state index contributed by atoms with van der Waals surface area (Å²) in [5, 5.41) is 2.38. The molecule has 0 unspecified atom stereocenters. The molecule has 0 fully saturated rings. The highest BCUT2D eigenvalue weighted by molar-refractivity contribution is 9.10. The number of carbonyl (C=O) groups excluding carboxylic acids is 1. The summed E-state index contributed by atoms with van der Waals surface area (Å²) in [6, 6.07) is 0.934. The van der Waals surface area contributed by atoms with E-state index in [1.54, 1.807) is 0 Å². The summed E-state index contributed by atoms with van der Waals surface area (Å²) in [4.78, 5) is 10.9. The molecule has 74 valence electrons. The molecule has 0 spiro atoms. The second-order valence-electron chi connectivity index (χ2n) is 2.70. The van der Waals surface area contributed by atoms with Crippen molar-refractivity contribution in [1.82, 2.24) is 0 Å². The number of nitrogens with one attached hydrogen (secondary N) is 1. The molecule has 0 atom stereocenters. The van der Waals surface area contributed by atoms with Gasteiger partial charge < -0.3 is 10.1 Å². The van der Waals surface area contributed by atoms with E-state index in [9.17, 15) is 13.6 Å². The third kappa shape index (κ3) is 1.35. The summed E-state index contributed by atoms with van der Waals surface area (Å²) in [5.41, 5.74) is 0.125. The summed E-state index contributed by atoms with van der Waals surface area (Å²) in [5.74, 6) is -2.78. The fraction of sp³-hybridized carbons (Fsp3) is 0.125. The molecule has 1 heterocycles. The Hall–Kier alpha value is -1.17. The maximum Gasteiger partial charge on any atom is 0.262 e. The van der Waals surface area contributed by atoms with Crippen molar-refractivity contribution in [2.75, 3.05) is 11.9 Å². The van der Waals surface area contributed by atoms with Crippen molar-refractivity contribution in [3.05, 3.63) is 22.2 Å². The number of fused-ring (bicyclic) bond motifs is 1. The van der Waals surface area contributed by atoms with Crippen LogP contribution in [0.3, 0.4) is 0 Å². The van der Waals surface area contributed by atoms with Gasteiger partial charge >= 0.3 is 0 Å². The number of amides is 1. The Bertz CT molecular complexity index is 422. The minimum atomic E-state index is -1.09. The van der Waals surface area contributed by atoms with Crippen molar-refractivity contribution in [2.24, 2.45) is 0 Å². The Morgan fingerprint density at radius 3 is 2.93 bits per heavy atom. The Kier molecular flexibility index (Phi) is 2.14. The first-order valence-corrected chi connectivity index (χ1v) is 4.49. The predicted octanol–water partition coefficient (Wildman–Crippen LogP) is 2.06. The Balaban J connectivity index is 2.62. The van der Waals surface area contributed by atoms with E-state index in [4.69, 9.17) is 4.74 Å². The number of hydrogen-bond donors (Lipinski definition) is 1. The molecule has 1 aromatic rings. The van der Waals surface area contributed by atoms with Gasteiger partial charge in [-0.05, 0) is 22.0 Å². The summed E-state index contributed by atoms with van der Waals surface area (Å²) >= 11 is 2.99. The molecular weight excluding hydrogens is 260 g/mol. The molecule has 0 bridgehead atoms. The van der Waals surface area contributed by atoms with Crippen molar-refractivity contribution >= 4 is 27.5 Å². The standard InChI is InChI=1S/C8H4BrF2NO2/c9-3-1-4(10)6(11)8-7(3)12-5(13)2-14-8/h1H,2H2,(H,12,13). The predicted molar refractivity (Wildman–Crippen MR) is 48.2 cm³/mol. The van der Waals surface area contributed by atoms with E-state index in [-0.39, 0.29) is 22.5 Å². The highest BCUT2D eigenvalue weighted by atomic mass is 79.9. The van der Waals surface area contributed by atoms with Gasteiger partial charge in [-0.1, -0.05) is 0 Å². The van der Waals surface area contributed by atoms with Crippen LogP contribution >= 0.6 is 15.9 Å². The van der Waals surface area contributed by atoms with Crippen LogP contribution in [0.2, 0.25) is 0 Å². The van der Waals surface area contributed by atoms with E-state index in [1.165, 1.54) is 0 Å². The molecular formula is C8H4BrF2NO2. The molecule has 1 N–H and O–H groups in total. The van der Waals surface area contributed by atoms with E-state index in [0.717, 1.165) is 6.07 Å². The molecule has 0 saturated heterocycles. The van der Waals surface area contributed by atoms with Gasteiger partial charge in [0.1, 0.15) is 5.69 Å². The SMILES string of the molecule is O=C1COc2c(F)c(F)cc(Br)c2N1. The minimum Gasteiger partial charge on any atom is -0.478 e. The fourth-order valence-electron chi connectivity index (χ4n) is 1.14. The molecule has 1 amide bonds. The van der Waals surface area contributed by atoms with Gasteiger partial charge in [0.15, 0.2) is 18.2 Å². The second kappa shape index (κ2) is 3.20. The van der Waals surface area contributed by atoms with E-state index < -0.39 is 17.5 Å². The van der Waals surface area contributed by atoms with Crippen molar-refractivity contribution in [3.8, 4) is 5.75 Å². The number of ether oxygens (including phenoxy) is 1. The number of carbonyl (C=O) groups is 1. The smallest absolute Gasteiger partial charge is 0.262 e. The first-order chi connectivity index (χ1) is 6.59. The highest BCUT2D eigenvalue weighted by Gasteiger charge is 2.24. The maximum atomic E-state index is 13.1. The topological polar surface area (TPSA) is 38.3 Å². The first-order valence-electron chi connectivity index (χ1n) is 3.69. The van der Waals surface area contributed by atoms with Crippen LogP contribution in [0.4, 0.5) is 14.5 Å². The number of halogens is 3. The summed E-state index contributed by atoms with van der Waals surface area (Å²) in [6.07, 6.45) is 0. The van der Waals surface area contributed by atoms with E-state index in [1.807, 2.05) is 0 Å². The van der Waals surface area contributed by atoms with Crippen LogP contribution in [0.5, 0.6) is 5.75 Å². The quantitative estimate of drug-likeness (QED) is 0.728. The number of anilines is 1. The molecule has 0 radical (unpaired) electrons. The average Bonchev–Trinajstić information content (AvgIpc) is 2.14. The largest absolute Gasteiger partial charge is 0.478 e. The average molecular weight is 264 g/mol. The third-order valence-electron chi connectivity index (χ3n) is 1.74. The number of benzene rings is 1. The molecule has 6 heteroatoms. The summed E-state index contributed by atoms with van der Waals surface area (Å²) in [7, 11) is 0. The van der Waals surface area contributed by atoms with Crippen LogP contribution in [0, 0.1) is 11.6 Å². The lowest BCUT2D eigenvalue weighted by Gasteiger charge is -2.19. The van der Waals surface area contributed by atoms with Crippen molar-refractivity contribution in [2.45, 2.75) is 0 Å². The lowest BCUT2D eigenvalue weighted by atomic mass is 10.2. The molecule has 0 saturated carbocycles. The van der Waals surface area contributed by atoms with Gasteiger partial charge in [0.25, 0.3) is 5.91 Å². The van der Waals surface area contributed by atoms with Gasteiger partial charge in [-0.15, -0.1) is 0 Å². The molecule has 3 nitrogen and oxygen atoms in total. The zero-order valence-electron chi connectivity index (χ0n) is 6.73. The van der Waals surface area contributed by atoms with E-state index >= 15 is 0 Å². The van der Waals surface area contributed by atoms with Gasteiger partial charge in [0, 0.05) is 4.47 Å². The van der Waals surface area contributed by atoms with Crippen molar-refractivity contribution in [1.29, 1.82) is 0 Å². The van der Waals surface area contributed by atoms with Gasteiger partial charge in [0.2, 0.25) is 5.82 Å². The highest BCUT2D eigenvalue weighted by Crippen LogP contribution is 2.38. The van der Waals surface area contributed by atoms with Gasteiger partial charge in [0.05, 0.1) is 0 Å². The minimum absolute atomic E-state index is 0.125. The lowest BCUT2D eigenvalue weighted by Crippen LogP contribution is -2.26. The third-order valence-corrected chi connectivity index (χ3v) is 2.37. The molecule has 0 aromatic heterocycles. The van der Waals surface area contributed by atoms with Gasteiger partial charge in [-0.3, -0.25) is 4.79 Å². The van der Waals surface area contributed by atoms with Gasteiger partial charge in [-0.25, -0.2) is 4.39 Å². The summed E-state index contributed by atoms with van der Waals surface area (Å²) < 4.78 is 31.0. The lowest BCUT2D eigenvalue weighted by molar-refractivity contribution is -0.118. The molecule has 1 aromatic carbocycles. The van der Waals surface area contributed by atoms with Crippen LogP contribution in [-0.4, -0.2) is 12.5 Å². The normalized spacial score (nSPS) is 14.4. The Morgan fingerprint density at radius 1 is 1.50 bits per heavy atom. The summed E-state index contributed by atoms with van der Waals surface area (Å²) in [6.45, 7) is -0.306. The van der Waals surface area contributed by atoms with E-state index in [2.05, 4.69) is 21.2 Å². The zero-order valence-corrected chi connectivity index (χ0v) is 8.32. The monoisotopic (exact) mass is 263 g/mol. The van der Waals surface area contributed by atoms with Gasteiger partial charge in [-0.2, -0.15) is 4.39 Å². The van der Waals surface area contributed by atoms with E-state index in [0.29, 0.717) is 0 Å². The van der Waals surface area contributed by atoms with Crippen LogP contribution in [0.1, 0.15) is 0 Å². The molecule has 2 rings (SSSR count). The second-order valence-corrected chi connectivity index (χ2v) is 3.55. The molecule has 1 aliphatic heterocycles. The van der Waals surface area contributed by atoms with Crippen LogP contribution in [0.25, 0.3) is 0 Å². The Labute approximate surface area is 86.2 Å². The van der Waals surface area contributed by atoms with Crippen LogP contribution in [0.15, 0.2) is 10.5 Å². The molecule has 14 heavy (non-hydrogen) atoms. The van der Waals surface area contributed by atoms with Crippen molar-refractivity contribution < 1.29 is 18.3 Å². The number of hydrogen-bond acceptors (Lipinski definition) is 2. The van der Waals surface area contributed by atoms with Crippen molar-refractivity contribution in [3.63, 3.8) is 0 Å². The Morgan fingerprint density at radius 2 is 2.21 bits per heavy atom. The fourth-order valence-corrected chi connectivity index (χ4v) is 1.62. The van der Waals surface area contributed by atoms with Crippen LogP contribution in [-0.2, 0) is 4.79 Å². The molecule has 1 aliphatic rings.